The van der Waals surface area contributed by atoms with Gasteiger partial charge in [0.1, 0.15) is 5.84 Å². The fraction of sp³-hybridized carbons (Fsp3) is 0.125. The Bertz CT molecular complexity index is 2580. The summed E-state index contributed by atoms with van der Waals surface area (Å²) in [7, 11) is 0. The summed E-state index contributed by atoms with van der Waals surface area (Å²) in [5.74, 6) is 0.498. The van der Waals surface area contributed by atoms with E-state index in [1.165, 1.54) is 66.8 Å². The molecule has 58 heavy (non-hydrogen) atoms. The molecule has 0 aromatic heterocycles. The molecule has 0 bridgehead atoms. The average Bonchev–Trinajstić information content (AvgIpc) is 3.49. The molecule has 1 atom stereocenters. The van der Waals surface area contributed by atoms with Gasteiger partial charge in [-0.05, 0) is 119 Å². The lowest BCUT2D eigenvalue weighted by Crippen LogP contribution is -2.23. The lowest BCUT2D eigenvalue weighted by Gasteiger charge is -2.30. The van der Waals surface area contributed by atoms with E-state index in [0.29, 0.717) is 12.3 Å². The highest BCUT2D eigenvalue weighted by atomic mass is 14.9. The van der Waals surface area contributed by atoms with E-state index < -0.39 is 0 Å². The summed E-state index contributed by atoms with van der Waals surface area (Å²) in [6.07, 6.45) is 26.0. The molecule has 2 N–H and O–H groups in total. The molecule has 0 fully saturated rings. The molecule has 286 valence electrons. The molecule has 0 saturated heterocycles. The monoisotopic (exact) mass is 752 g/mol. The van der Waals surface area contributed by atoms with Crippen molar-refractivity contribution in [2.24, 2.45) is 10.7 Å². The largest absolute Gasteiger partial charge is 0.383 e. The molecule has 7 rings (SSSR count). The lowest BCUT2D eigenvalue weighted by molar-refractivity contribution is 0.687. The van der Waals surface area contributed by atoms with E-state index in [1.807, 2.05) is 54.6 Å². The van der Waals surface area contributed by atoms with Crippen LogP contribution in [0, 0.1) is 0 Å². The van der Waals surface area contributed by atoms with Gasteiger partial charge in [-0.25, -0.2) is 4.99 Å². The quantitative estimate of drug-likeness (QED) is 0.0726. The summed E-state index contributed by atoms with van der Waals surface area (Å²) in [4.78, 5) is 4.99. The number of nitrogens with two attached hydrogens (primary N) is 1. The minimum atomic E-state index is -0.291. The molecule has 0 aliphatic heterocycles. The zero-order valence-electron chi connectivity index (χ0n) is 34.0. The molecular formula is C56H52N2. The standard InChI is InChI=1S/C56H52N2/c1-6-8-12-19-40(3)56(5)52(28-9-7-2)41(4)51-35-34-50(39-53(51)56)49-27-18-26-48(38-49)47-25-17-20-42(37-47)29-36-54(58-55(57)46-23-15-11-16-24-46)45-32-30-44(31-33-45)43-21-13-10-14-22-43/h6-9,11-13,15-28,30-39H,1-2,10,14,29H2,3-5H3,(H2,57,58)/b12-8-,28-9-,40-19+,54-36-. The third-order valence-corrected chi connectivity index (χ3v) is 11.5. The molecular weight excluding hydrogens is 701 g/mol. The zero-order chi connectivity index (χ0) is 40.5. The van der Waals surface area contributed by atoms with Gasteiger partial charge in [0, 0.05) is 11.0 Å². The topological polar surface area (TPSA) is 38.4 Å². The summed E-state index contributed by atoms with van der Waals surface area (Å²) in [6, 6.07) is 43.3. The molecule has 0 saturated carbocycles. The van der Waals surface area contributed by atoms with Crippen LogP contribution >= 0.6 is 0 Å². The highest BCUT2D eigenvalue weighted by Crippen LogP contribution is 2.52. The second-order valence-corrected chi connectivity index (χ2v) is 15.1. The van der Waals surface area contributed by atoms with E-state index >= 15 is 0 Å². The number of hydrogen-bond acceptors (Lipinski definition) is 1. The first-order valence-corrected chi connectivity index (χ1v) is 20.2. The predicted molar refractivity (Wildman–Crippen MR) is 251 cm³/mol. The van der Waals surface area contributed by atoms with Crippen LogP contribution in [0.1, 0.15) is 67.0 Å². The first kappa shape index (κ1) is 39.5. The molecule has 0 radical (unpaired) electrons. The van der Waals surface area contributed by atoms with Crippen molar-refractivity contribution in [2.45, 2.75) is 45.4 Å². The highest BCUT2D eigenvalue weighted by Gasteiger charge is 2.40. The van der Waals surface area contributed by atoms with E-state index in [-0.39, 0.29) is 5.41 Å². The molecule has 0 heterocycles. The first-order valence-electron chi connectivity index (χ1n) is 20.2. The van der Waals surface area contributed by atoms with Crippen molar-refractivity contribution in [3.05, 3.63) is 246 Å². The summed E-state index contributed by atoms with van der Waals surface area (Å²) >= 11 is 0. The summed E-state index contributed by atoms with van der Waals surface area (Å²) in [5, 5.41) is 0. The van der Waals surface area contributed by atoms with Gasteiger partial charge in [0.25, 0.3) is 0 Å². The molecule has 2 aliphatic carbocycles. The molecule has 5 aromatic carbocycles. The van der Waals surface area contributed by atoms with Crippen LogP contribution in [0.5, 0.6) is 0 Å². The smallest absolute Gasteiger partial charge is 0.131 e. The van der Waals surface area contributed by atoms with Crippen LogP contribution < -0.4 is 5.73 Å². The summed E-state index contributed by atoms with van der Waals surface area (Å²) < 4.78 is 0. The zero-order valence-corrected chi connectivity index (χ0v) is 34.0. The van der Waals surface area contributed by atoms with Crippen LogP contribution in [0.25, 0.3) is 39.1 Å². The molecule has 0 amide bonds. The summed E-state index contributed by atoms with van der Waals surface area (Å²) in [6.45, 7) is 14.6. The fourth-order valence-corrected chi connectivity index (χ4v) is 8.12. The van der Waals surface area contributed by atoms with Gasteiger partial charge in [-0.1, -0.05) is 195 Å². The molecule has 2 nitrogen and oxygen atoms in total. The Morgan fingerprint density at radius 1 is 0.724 bits per heavy atom. The summed E-state index contributed by atoms with van der Waals surface area (Å²) in [5.41, 5.74) is 24.0. The number of fused-ring (bicyclic) bond motifs is 1. The maximum atomic E-state index is 6.60. The van der Waals surface area contributed by atoms with Crippen molar-refractivity contribution in [1.29, 1.82) is 0 Å². The minimum Gasteiger partial charge on any atom is -0.383 e. The highest BCUT2D eigenvalue weighted by molar-refractivity contribution is 6.00. The van der Waals surface area contributed by atoms with Crippen molar-refractivity contribution in [1.82, 2.24) is 0 Å². The Morgan fingerprint density at radius 2 is 1.41 bits per heavy atom. The van der Waals surface area contributed by atoms with Crippen molar-refractivity contribution in [3.8, 4) is 22.3 Å². The normalized spacial score (nSPS) is 17.2. The third kappa shape index (κ3) is 8.48. The van der Waals surface area contributed by atoms with Crippen molar-refractivity contribution < 1.29 is 0 Å². The van der Waals surface area contributed by atoms with Gasteiger partial charge in [0.05, 0.1) is 5.70 Å². The van der Waals surface area contributed by atoms with Gasteiger partial charge in [-0.3, -0.25) is 0 Å². The second-order valence-electron chi connectivity index (χ2n) is 15.1. The molecule has 5 aromatic rings. The van der Waals surface area contributed by atoms with Gasteiger partial charge < -0.3 is 5.73 Å². The van der Waals surface area contributed by atoms with E-state index in [1.54, 1.807) is 0 Å². The SMILES string of the molecule is C=C/C=C\C=C(/C)C1(C)C(/C=C\C=C)=C(C)c2ccc(-c3cccc(-c4cccc(C/C=C(\N=C(/N)c5ccccc5)c5ccc(C6=CCCC=C6)cc5)c4)c3)cc21. The van der Waals surface area contributed by atoms with Crippen LogP contribution in [0.4, 0.5) is 0 Å². The van der Waals surface area contributed by atoms with Crippen LogP contribution in [0.15, 0.2) is 217 Å². The third-order valence-electron chi connectivity index (χ3n) is 11.5. The number of aliphatic imine (C=N–C) groups is 1. The number of rotatable bonds is 13. The minimum absolute atomic E-state index is 0.291. The Balaban J connectivity index is 1.20. The maximum absolute atomic E-state index is 6.60. The van der Waals surface area contributed by atoms with E-state index in [9.17, 15) is 0 Å². The van der Waals surface area contributed by atoms with Gasteiger partial charge >= 0.3 is 0 Å². The van der Waals surface area contributed by atoms with Crippen molar-refractivity contribution >= 4 is 22.7 Å². The van der Waals surface area contributed by atoms with Gasteiger partial charge in [-0.15, -0.1) is 0 Å². The number of benzene rings is 5. The first-order chi connectivity index (χ1) is 28.3. The maximum Gasteiger partial charge on any atom is 0.131 e. The van der Waals surface area contributed by atoms with Crippen LogP contribution in [-0.2, 0) is 11.8 Å². The molecule has 0 spiro atoms. The van der Waals surface area contributed by atoms with Crippen molar-refractivity contribution in [2.75, 3.05) is 0 Å². The van der Waals surface area contributed by atoms with E-state index in [2.05, 4.69) is 167 Å². The van der Waals surface area contributed by atoms with Gasteiger partial charge in [0.2, 0.25) is 0 Å². The van der Waals surface area contributed by atoms with Crippen molar-refractivity contribution in [3.63, 3.8) is 0 Å². The number of nitrogens with zero attached hydrogens (tertiary/aromatic N) is 1. The predicted octanol–water partition coefficient (Wildman–Crippen LogP) is 14.2. The Labute approximate surface area is 345 Å². The second kappa shape index (κ2) is 18.0. The Kier molecular flexibility index (Phi) is 12.3. The number of amidine groups is 1. The Morgan fingerprint density at radius 3 is 2.12 bits per heavy atom. The van der Waals surface area contributed by atoms with E-state index in [4.69, 9.17) is 10.7 Å². The van der Waals surface area contributed by atoms with Gasteiger partial charge in [0.15, 0.2) is 0 Å². The van der Waals surface area contributed by atoms with Crippen LogP contribution in [0.3, 0.4) is 0 Å². The lowest BCUT2D eigenvalue weighted by atomic mass is 9.72. The van der Waals surface area contributed by atoms with Crippen LogP contribution in [0.2, 0.25) is 0 Å². The molecule has 1 unspecified atom stereocenters. The van der Waals surface area contributed by atoms with E-state index in [0.717, 1.165) is 29.7 Å². The molecule has 2 aliphatic rings. The fourth-order valence-electron chi connectivity index (χ4n) is 8.12. The van der Waals surface area contributed by atoms with Crippen LogP contribution in [-0.4, -0.2) is 5.84 Å². The van der Waals surface area contributed by atoms with Gasteiger partial charge in [-0.2, -0.15) is 0 Å². The molecule has 2 heteroatoms. The number of hydrogen-bond donors (Lipinski definition) is 1. The number of allylic oxidation sites excluding steroid dienone is 15. The Hall–Kier alpha value is -6.77. The average molecular weight is 753 g/mol.